The van der Waals surface area contributed by atoms with Gasteiger partial charge in [0.1, 0.15) is 0 Å². The van der Waals surface area contributed by atoms with Crippen LogP contribution in [0.4, 0.5) is 0 Å². The number of rotatable bonds is 3. The summed E-state index contributed by atoms with van der Waals surface area (Å²) in [5, 5.41) is 13.7. The van der Waals surface area contributed by atoms with E-state index in [1.54, 1.807) is 0 Å². The lowest BCUT2D eigenvalue weighted by atomic mass is 9.94. The summed E-state index contributed by atoms with van der Waals surface area (Å²) < 4.78 is 0. The molecule has 2 rings (SSSR count). The summed E-state index contributed by atoms with van der Waals surface area (Å²) in [7, 11) is 0. The molecule has 0 unspecified atom stereocenters. The highest BCUT2D eigenvalue weighted by atomic mass is 16.3. The van der Waals surface area contributed by atoms with Crippen LogP contribution in [0.5, 0.6) is 0 Å². The van der Waals surface area contributed by atoms with Gasteiger partial charge in [-0.1, -0.05) is 55.7 Å². The van der Waals surface area contributed by atoms with Crippen molar-refractivity contribution in [3.8, 4) is 11.8 Å². The SMILES string of the molecule is OC1(CNCC#Cc2ccccc2)CCCCCC1. The quantitative estimate of drug-likeness (QED) is 0.496. The van der Waals surface area contributed by atoms with Gasteiger partial charge in [0.15, 0.2) is 0 Å². The van der Waals surface area contributed by atoms with Gasteiger partial charge < -0.3 is 10.4 Å². The second-order valence-corrected chi connectivity index (χ2v) is 5.41. The first-order valence-corrected chi connectivity index (χ1v) is 7.26. The fourth-order valence-corrected chi connectivity index (χ4v) is 2.59. The molecule has 102 valence electrons. The molecule has 0 bridgehead atoms. The minimum atomic E-state index is -0.509. The van der Waals surface area contributed by atoms with E-state index < -0.39 is 5.60 Å². The largest absolute Gasteiger partial charge is 0.389 e. The Kier molecular flexibility index (Phi) is 5.44. The molecule has 19 heavy (non-hydrogen) atoms. The summed E-state index contributed by atoms with van der Waals surface area (Å²) in [5.74, 6) is 6.21. The molecule has 2 N–H and O–H groups in total. The van der Waals surface area contributed by atoms with Crippen molar-refractivity contribution in [1.29, 1.82) is 0 Å². The summed E-state index contributed by atoms with van der Waals surface area (Å²) >= 11 is 0. The van der Waals surface area contributed by atoms with Crippen molar-refractivity contribution in [2.45, 2.75) is 44.1 Å². The van der Waals surface area contributed by atoms with Crippen LogP contribution in [-0.4, -0.2) is 23.8 Å². The Hall–Kier alpha value is -1.30. The van der Waals surface area contributed by atoms with Gasteiger partial charge in [-0.2, -0.15) is 0 Å². The van der Waals surface area contributed by atoms with E-state index in [0.29, 0.717) is 13.1 Å². The van der Waals surface area contributed by atoms with Gasteiger partial charge in [0.05, 0.1) is 12.1 Å². The first-order chi connectivity index (χ1) is 9.29. The highest BCUT2D eigenvalue weighted by Gasteiger charge is 2.26. The highest BCUT2D eigenvalue weighted by molar-refractivity contribution is 5.33. The van der Waals surface area contributed by atoms with Gasteiger partial charge in [-0.05, 0) is 25.0 Å². The van der Waals surface area contributed by atoms with Crippen LogP contribution in [-0.2, 0) is 0 Å². The fraction of sp³-hybridized carbons (Fsp3) is 0.529. The standard InChI is InChI=1S/C17H23NO/c19-17(12-6-1-2-7-13-17)15-18-14-8-11-16-9-4-3-5-10-16/h3-5,9-10,18-19H,1-2,6-7,12-15H2. The maximum Gasteiger partial charge on any atom is 0.0771 e. The molecule has 0 spiro atoms. The molecule has 0 heterocycles. The van der Waals surface area contributed by atoms with Crippen LogP contribution in [0.1, 0.15) is 44.1 Å². The van der Waals surface area contributed by atoms with Gasteiger partial charge in [-0.25, -0.2) is 0 Å². The van der Waals surface area contributed by atoms with Gasteiger partial charge in [-0.3, -0.25) is 0 Å². The highest BCUT2D eigenvalue weighted by Crippen LogP contribution is 2.26. The molecule has 1 aliphatic carbocycles. The number of benzene rings is 1. The van der Waals surface area contributed by atoms with Gasteiger partial charge in [0.25, 0.3) is 0 Å². The minimum Gasteiger partial charge on any atom is -0.389 e. The molecule has 2 nitrogen and oxygen atoms in total. The summed E-state index contributed by atoms with van der Waals surface area (Å²) in [6.45, 7) is 1.30. The lowest BCUT2D eigenvalue weighted by molar-refractivity contribution is 0.0263. The van der Waals surface area contributed by atoms with E-state index in [0.717, 1.165) is 31.2 Å². The Balaban J connectivity index is 1.73. The molecule has 0 atom stereocenters. The number of hydrogen-bond acceptors (Lipinski definition) is 2. The lowest BCUT2D eigenvalue weighted by Gasteiger charge is -2.26. The Morgan fingerprint density at radius 1 is 1.05 bits per heavy atom. The predicted octanol–water partition coefficient (Wildman–Crippen LogP) is 2.71. The molecule has 1 aliphatic rings. The number of nitrogens with one attached hydrogen (secondary N) is 1. The van der Waals surface area contributed by atoms with Crippen LogP contribution in [0.25, 0.3) is 0 Å². The second kappa shape index (κ2) is 7.33. The third-order valence-corrected chi connectivity index (χ3v) is 3.71. The van der Waals surface area contributed by atoms with Crippen LogP contribution in [0.3, 0.4) is 0 Å². The predicted molar refractivity (Wildman–Crippen MR) is 78.8 cm³/mol. The zero-order valence-electron chi connectivity index (χ0n) is 11.5. The normalized spacial score (nSPS) is 18.2. The van der Waals surface area contributed by atoms with E-state index in [-0.39, 0.29) is 0 Å². The molecule has 1 aromatic rings. The molecule has 0 saturated heterocycles. The van der Waals surface area contributed by atoms with Gasteiger partial charge in [0.2, 0.25) is 0 Å². The maximum atomic E-state index is 10.5. The Morgan fingerprint density at radius 3 is 2.42 bits per heavy atom. The summed E-state index contributed by atoms with van der Waals surface area (Å²) in [6.07, 6.45) is 6.66. The van der Waals surface area contributed by atoms with Crippen LogP contribution in [0, 0.1) is 11.8 Å². The second-order valence-electron chi connectivity index (χ2n) is 5.41. The molecule has 0 aliphatic heterocycles. The molecule has 0 aromatic heterocycles. The third kappa shape index (κ3) is 5.06. The number of aliphatic hydroxyl groups is 1. The van der Waals surface area contributed by atoms with E-state index >= 15 is 0 Å². The van der Waals surface area contributed by atoms with E-state index in [1.807, 2.05) is 30.3 Å². The Morgan fingerprint density at radius 2 is 1.74 bits per heavy atom. The minimum absolute atomic E-state index is 0.509. The summed E-state index contributed by atoms with van der Waals surface area (Å²) in [6, 6.07) is 9.99. The Bertz CT molecular complexity index is 422. The average Bonchev–Trinajstić information content (AvgIpc) is 2.65. The summed E-state index contributed by atoms with van der Waals surface area (Å²) in [4.78, 5) is 0. The summed E-state index contributed by atoms with van der Waals surface area (Å²) in [5.41, 5.74) is 0.530. The first-order valence-electron chi connectivity index (χ1n) is 7.26. The van der Waals surface area contributed by atoms with Crippen molar-refractivity contribution in [2.24, 2.45) is 0 Å². The topological polar surface area (TPSA) is 32.3 Å². The molecule has 1 saturated carbocycles. The maximum absolute atomic E-state index is 10.5. The van der Waals surface area contributed by atoms with Crippen LogP contribution >= 0.6 is 0 Å². The molecule has 0 amide bonds. The van der Waals surface area contributed by atoms with Crippen molar-refractivity contribution < 1.29 is 5.11 Å². The number of hydrogen-bond donors (Lipinski definition) is 2. The van der Waals surface area contributed by atoms with Crippen LogP contribution in [0.15, 0.2) is 30.3 Å². The van der Waals surface area contributed by atoms with E-state index in [1.165, 1.54) is 12.8 Å². The zero-order valence-corrected chi connectivity index (χ0v) is 11.5. The van der Waals surface area contributed by atoms with Gasteiger partial charge in [-0.15, -0.1) is 0 Å². The van der Waals surface area contributed by atoms with E-state index in [9.17, 15) is 5.11 Å². The van der Waals surface area contributed by atoms with Crippen molar-refractivity contribution in [3.05, 3.63) is 35.9 Å². The Labute approximate surface area is 116 Å². The van der Waals surface area contributed by atoms with Crippen molar-refractivity contribution >= 4 is 0 Å². The molecular formula is C17H23NO. The monoisotopic (exact) mass is 257 g/mol. The van der Waals surface area contributed by atoms with Crippen molar-refractivity contribution in [2.75, 3.05) is 13.1 Å². The average molecular weight is 257 g/mol. The van der Waals surface area contributed by atoms with Gasteiger partial charge in [0, 0.05) is 12.1 Å². The van der Waals surface area contributed by atoms with Crippen LogP contribution < -0.4 is 5.32 Å². The zero-order chi connectivity index (χ0) is 13.4. The van der Waals surface area contributed by atoms with E-state index in [2.05, 4.69) is 17.2 Å². The smallest absolute Gasteiger partial charge is 0.0771 e. The van der Waals surface area contributed by atoms with Crippen molar-refractivity contribution in [1.82, 2.24) is 5.32 Å². The van der Waals surface area contributed by atoms with Gasteiger partial charge >= 0.3 is 0 Å². The third-order valence-electron chi connectivity index (χ3n) is 3.71. The van der Waals surface area contributed by atoms with Crippen LogP contribution in [0.2, 0.25) is 0 Å². The molecule has 1 fully saturated rings. The molecular weight excluding hydrogens is 234 g/mol. The molecule has 2 heteroatoms. The van der Waals surface area contributed by atoms with E-state index in [4.69, 9.17) is 0 Å². The lowest BCUT2D eigenvalue weighted by Crippen LogP contribution is -2.40. The fourth-order valence-electron chi connectivity index (χ4n) is 2.59. The molecule has 0 radical (unpaired) electrons. The van der Waals surface area contributed by atoms with Crippen molar-refractivity contribution in [3.63, 3.8) is 0 Å². The molecule has 1 aromatic carbocycles. The first kappa shape index (κ1) is 14.1.